The number of hydrogen-bond acceptors (Lipinski definition) is 2. The van der Waals surface area contributed by atoms with Gasteiger partial charge in [0.15, 0.2) is 0 Å². The Labute approximate surface area is 119 Å². The van der Waals surface area contributed by atoms with Crippen LogP contribution in [0, 0.1) is 11.6 Å². The quantitative estimate of drug-likeness (QED) is 0.881. The highest BCUT2D eigenvalue weighted by atomic mass is 35.5. The van der Waals surface area contributed by atoms with Gasteiger partial charge in [-0.15, -0.1) is 0 Å². The predicted molar refractivity (Wildman–Crippen MR) is 71.5 cm³/mol. The van der Waals surface area contributed by atoms with Gasteiger partial charge in [-0.25, -0.2) is 13.8 Å². The molecule has 104 valence electrons. The van der Waals surface area contributed by atoms with E-state index in [9.17, 15) is 13.6 Å². The van der Waals surface area contributed by atoms with Gasteiger partial charge in [0.25, 0.3) is 5.91 Å². The van der Waals surface area contributed by atoms with Gasteiger partial charge in [-0.2, -0.15) is 0 Å². The number of carbonyl (C=O) groups excluding carboxylic acids is 1. The first kappa shape index (κ1) is 14.4. The van der Waals surface area contributed by atoms with Crippen LogP contribution in [0.1, 0.15) is 29.0 Å². The first-order valence-electron chi connectivity index (χ1n) is 5.86. The summed E-state index contributed by atoms with van der Waals surface area (Å²) in [7, 11) is 0. The van der Waals surface area contributed by atoms with Gasteiger partial charge in [0.2, 0.25) is 0 Å². The summed E-state index contributed by atoms with van der Waals surface area (Å²) >= 11 is 5.69. The number of benzene rings is 1. The van der Waals surface area contributed by atoms with Crippen LogP contribution in [0.3, 0.4) is 0 Å². The van der Waals surface area contributed by atoms with Gasteiger partial charge >= 0.3 is 0 Å². The number of pyridine rings is 1. The average molecular weight is 297 g/mol. The van der Waals surface area contributed by atoms with E-state index in [0.29, 0.717) is 0 Å². The van der Waals surface area contributed by atoms with Crippen molar-refractivity contribution in [1.82, 2.24) is 10.3 Å². The third-order valence-corrected chi connectivity index (χ3v) is 2.93. The fraction of sp³-hybridized carbons (Fsp3) is 0.143. The van der Waals surface area contributed by atoms with Crippen molar-refractivity contribution in [1.29, 1.82) is 0 Å². The minimum atomic E-state index is -0.695. The van der Waals surface area contributed by atoms with E-state index in [1.54, 1.807) is 13.0 Å². The molecule has 0 aliphatic heterocycles. The van der Waals surface area contributed by atoms with Crippen molar-refractivity contribution in [3.63, 3.8) is 0 Å². The molecule has 0 bridgehead atoms. The van der Waals surface area contributed by atoms with E-state index in [1.165, 1.54) is 12.1 Å². The number of nitrogens with zero attached hydrogens (tertiary/aromatic N) is 1. The Morgan fingerprint density at radius 2 is 2.05 bits per heavy atom. The second-order valence-corrected chi connectivity index (χ2v) is 4.59. The van der Waals surface area contributed by atoms with Gasteiger partial charge in [-0.3, -0.25) is 4.79 Å². The van der Waals surface area contributed by atoms with E-state index in [1.807, 2.05) is 0 Å². The van der Waals surface area contributed by atoms with Crippen molar-refractivity contribution in [2.45, 2.75) is 13.0 Å². The largest absolute Gasteiger partial charge is 0.344 e. The maximum Gasteiger partial charge on any atom is 0.270 e. The molecule has 2 rings (SSSR count). The van der Waals surface area contributed by atoms with E-state index >= 15 is 0 Å². The molecule has 0 spiro atoms. The summed E-state index contributed by atoms with van der Waals surface area (Å²) in [6.45, 7) is 1.56. The molecule has 0 fully saturated rings. The molecular formula is C14H11ClF2N2O. The maximum absolute atomic E-state index is 13.6. The smallest absolute Gasteiger partial charge is 0.270 e. The molecule has 0 radical (unpaired) electrons. The third-order valence-electron chi connectivity index (χ3n) is 2.72. The number of aromatic nitrogens is 1. The lowest BCUT2D eigenvalue weighted by molar-refractivity contribution is 0.0934. The molecule has 3 nitrogen and oxygen atoms in total. The van der Waals surface area contributed by atoms with Crippen LogP contribution in [-0.2, 0) is 0 Å². The molecule has 1 heterocycles. The van der Waals surface area contributed by atoms with Gasteiger partial charge in [0, 0.05) is 5.56 Å². The van der Waals surface area contributed by atoms with Crippen molar-refractivity contribution in [3.8, 4) is 0 Å². The summed E-state index contributed by atoms with van der Waals surface area (Å²) in [5, 5.41) is 2.72. The molecule has 0 saturated carbocycles. The van der Waals surface area contributed by atoms with Gasteiger partial charge in [0.05, 0.1) is 6.04 Å². The van der Waals surface area contributed by atoms with Crippen LogP contribution in [0.4, 0.5) is 8.78 Å². The molecule has 1 aromatic heterocycles. The topological polar surface area (TPSA) is 42.0 Å². The summed E-state index contributed by atoms with van der Waals surface area (Å²) < 4.78 is 26.7. The Morgan fingerprint density at radius 3 is 2.75 bits per heavy atom. The van der Waals surface area contributed by atoms with E-state index in [2.05, 4.69) is 10.3 Å². The zero-order chi connectivity index (χ0) is 14.7. The van der Waals surface area contributed by atoms with E-state index in [4.69, 9.17) is 11.6 Å². The SMILES string of the molecule is CC(NC(=O)c1cccc(Cl)n1)c1cc(F)ccc1F. The fourth-order valence-corrected chi connectivity index (χ4v) is 1.89. The van der Waals surface area contributed by atoms with Crippen LogP contribution < -0.4 is 5.32 Å². The standard InChI is InChI=1S/C14H11ClF2N2O/c1-8(10-7-9(16)5-6-11(10)17)18-14(20)12-3-2-4-13(15)19-12/h2-8H,1H3,(H,18,20). The van der Waals surface area contributed by atoms with Gasteiger partial charge in [-0.05, 0) is 37.3 Å². The molecule has 1 atom stereocenters. The maximum atomic E-state index is 13.6. The minimum absolute atomic E-state index is 0.0698. The van der Waals surface area contributed by atoms with Crippen molar-refractivity contribution in [2.75, 3.05) is 0 Å². The van der Waals surface area contributed by atoms with Gasteiger partial charge in [-0.1, -0.05) is 17.7 Å². The van der Waals surface area contributed by atoms with Gasteiger partial charge < -0.3 is 5.32 Å². The average Bonchev–Trinajstić information content (AvgIpc) is 2.41. The number of rotatable bonds is 3. The van der Waals surface area contributed by atoms with Crippen LogP contribution in [0.2, 0.25) is 5.15 Å². The van der Waals surface area contributed by atoms with Crippen molar-refractivity contribution in [3.05, 3.63) is 64.4 Å². The molecular weight excluding hydrogens is 286 g/mol. The fourth-order valence-electron chi connectivity index (χ4n) is 1.73. The van der Waals surface area contributed by atoms with Crippen LogP contribution in [0.5, 0.6) is 0 Å². The van der Waals surface area contributed by atoms with E-state index < -0.39 is 23.6 Å². The number of amides is 1. The minimum Gasteiger partial charge on any atom is -0.344 e. The molecule has 0 aliphatic carbocycles. The Hall–Kier alpha value is -2.01. The molecule has 1 aromatic carbocycles. The van der Waals surface area contributed by atoms with Crippen molar-refractivity contribution < 1.29 is 13.6 Å². The first-order valence-corrected chi connectivity index (χ1v) is 6.23. The molecule has 2 aromatic rings. The molecule has 0 aliphatic rings. The normalized spacial score (nSPS) is 12.0. The highest BCUT2D eigenvalue weighted by Gasteiger charge is 2.16. The Morgan fingerprint density at radius 1 is 1.30 bits per heavy atom. The molecule has 6 heteroatoms. The first-order chi connectivity index (χ1) is 9.47. The second kappa shape index (κ2) is 5.96. The van der Waals surface area contributed by atoms with Crippen molar-refractivity contribution in [2.24, 2.45) is 0 Å². The predicted octanol–water partition coefficient (Wildman–Crippen LogP) is 3.50. The molecule has 20 heavy (non-hydrogen) atoms. The number of nitrogens with one attached hydrogen (secondary N) is 1. The number of carbonyl (C=O) groups is 1. The number of hydrogen-bond donors (Lipinski definition) is 1. The highest BCUT2D eigenvalue weighted by molar-refractivity contribution is 6.29. The zero-order valence-corrected chi connectivity index (χ0v) is 11.3. The summed E-state index contributed by atoms with van der Waals surface area (Å²) in [5.41, 5.74) is 0.182. The van der Waals surface area contributed by atoms with Crippen LogP contribution in [0.15, 0.2) is 36.4 Å². The Kier molecular flexibility index (Phi) is 4.29. The Bertz CT molecular complexity index is 649. The van der Waals surface area contributed by atoms with Crippen molar-refractivity contribution >= 4 is 17.5 Å². The van der Waals surface area contributed by atoms with E-state index in [0.717, 1.165) is 18.2 Å². The monoisotopic (exact) mass is 296 g/mol. The summed E-state index contributed by atoms with van der Waals surface area (Å²) in [6, 6.07) is 6.99. The summed E-state index contributed by atoms with van der Waals surface area (Å²) in [5.74, 6) is -1.66. The lowest BCUT2D eigenvalue weighted by Crippen LogP contribution is -2.28. The second-order valence-electron chi connectivity index (χ2n) is 4.21. The zero-order valence-electron chi connectivity index (χ0n) is 10.5. The molecule has 1 amide bonds. The highest BCUT2D eigenvalue weighted by Crippen LogP contribution is 2.18. The molecule has 1 unspecified atom stereocenters. The lowest BCUT2D eigenvalue weighted by atomic mass is 10.1. The summed E-state index contributed by atoms with van der Waals surface area (Å²) in [4.78, 5) is 15.8. The van der Waals surface area contributed by atoms with Gasteiger partial charge in [0.1, 0.15) is 22.5 Å². The summed E-state index contributed by atoms with van der Waals surface area (Å²) in [6.07, 6.45) is 0. The molecule has 0 saturated heterocycles. The van der Waals surface area contributed by atoms with Crippen LogP contribution >= 0.6 is 11.6 Å². The Balaban J connectivity index is 2.17. The molecule has 1 N–H and O–H groups in total. The third kappa shape index (κ3) is 3.30. The van der Waals surface area contributed by atoms with E-state index in [-0.39, 0.29) is 16.4 Å². The number of halogens is 3. The van der Waals surface area contributed by atoms with Crippen LogP contribution in [0.25, 0.3) is 0 Å². The lowest BCUT2D eigenvalue weighted by Gasteiger charge is -2.15. The van der Waals surface area contributed by atoms with Crippen LogP contribution in [-0.4, -0.2) is 10.9 Å².